The maximum atomic E-state index is 13.7. The summed E-state index contributed by atoms with van der Waals surface area (Å²) < 4.78 is 19.3. The summed E-state index contributed by atoms with van der Waals surface area (Å²) in [5, 5.41) is 7.27. The molecular formula is C19H22ClFN2OS2. The van der Waals surface area contributed by atoms with Crippen molar-refractivity contribution in [3.8, 4) is 5.75 Å². The van der Waals surface area contributed by atoms with E-state index < -0.39 is 0 Å². The van der Waals surface area contributed by atoms with Gasteiger partial charge in [-0.15, -0.1) is 0 Å². The predicted molar refractivity (Wildman–Crippen MR) is 114 cm³/mol. The number of thiocarbonyl (C=S) groups is 1. The summed E-state index contributed by atoms with van der Waals surface area (Å²) in [4.78, 5) is 0. The third kappa shape index (κ3) is 7.02. The van der Waals surface area contributed by atoms with Crippen molar-refractivity contribution < 1.29 is 9.13 Å². The number of halogens is 2. The van der Waals surface area contributed by atoms with Gasteiger partial charge in [0.2, 0.25) is 0 Å². The average molecular weight is 413 g/mol. The molecule has 2 rings (SSSR count). The molecular weight excluding hydrogens is 391 g/mol. The van der Waals surface area contributed by atoms with Gasteiger partial charge in [0.05, 0.1) is 6.10 Å². The molecule has 0 aliphatic rings. The second-order valence-corrected chi connectivity index (χ2v) is 7.75. The number of rotatable bonds is 8. The fourth-order valence-corrected chi connectivity index (χ4v) is 3.59. The first-order chi connectivity index (χ1) is 12.5. The smallest absolute Gasteiger partial charge is 0.170 e. The van der Waals surface area contributed by atoms with Crippen molar-refractivity contribution in [3.63, 3.8) is 0 Å². The van der Waals surface area contributed by atoms with Crippen LogP contribution >= 0.6 is 35.6 Å². The minimum atomic E-state index is -0.265. The van der Waals surface area contributed by atoms with Crippen molar-refractivity contribution >= 4 is 46.4 Å². The van der Waals surface area contributed by atoms with Crippen LogP contribution in [0.1, 0.15) is 19.4 Å². The van der Waals surface area contributed by atoms with Crippen molar-refractivity contribution in [2.45, 2.75) is 25.7 Å². The van der Waals surface area contributed by atoms with Crippen LogP contribution in [0.5, 0.6) is 5.75 Å². The second kappa shape index (κ2) is 10.6. The zero-order valence-electron chi connectivity index (χ0n) is 14.7. The van der Waals surface area contributed by atoms with E-state index in [1.807, 2.05) is 38.1 Å². The Labute approximate surface area is 168 Å². The molecule has 0 spiro atoms. The Morgan fingerprint density at radius 2 is 2.04 bits per heavy atom. The van der Waals surface area contributed by atoms with E-state index in [-0.39, 0.29) is 11.9 Å². The van der Waals surface area contributed by atoms with Gasteiger partial charge in [-0.1, -0.05) is 23.7 Å². The van der Waals surface area contributed by atoms with Gasteiger partial charge in [0.1, 0.15) is 11.6 Å². The SMILES string of the molecule is CC(C)Oc1cccc(NC(=S)NCCSCc2c(F)cccc2Cl)c1. The molecule has 0 unspecified atom stereocenters. The van der Waals surface area contributed by atoms with Crippen LogP contribution in [0.25, 0.3) is 0 Å². The maximum absolute atomic E-state index is 13.7. The van der Waals surface area contributed by atoms with Gasteiger partial charge < -0.3 is 15.4 Å². The Morgan fingerprint density at radius 1 is 1.27 bits per heavy atom. The molecule has 0 aliphatic carbocycles. The molecule has 2 N–H and O–H groups in total. The molecule has 0 saturated carbocycles. The number of ether oxygens (including phenoxy) is 1. The Morgan fingerprint density at radius 3 is 2.77 bits per heavy atom. The third-order valence-corrected chi connectivity index (χ3v) is 4.89. The Kier molecular flexibility index (Phi) is 8.48. The van der Waals surface area contributed by atoms with E-state index in [9.17, 15) is 4.39 Å². The number of anilines is 1. The number of nitrogens with one attached hydrogen (secondary N) is 2. The highest BCUT2D eigenvalue weighted by Crippen LogP contribution is 2.23. The van der Waals surface area contributed by atoms with Crippen LogP contribution in [0.3, 0.4) is 0 Å². The molecule has 0 fully saturated rings. The van der Waals surface area contributed by atoms with Crippen LogP contribution in [-0.2, 0) is 5.75 Å². The molecule has 0 aromatic heterocycles. The van der Waals surface area contributed by atoms with Gasteiger partial charge in [0, 0.05) is 40.4 Å². The predicted octanol–water partition coefficient (Wildman–Crippen LogP) is 5.49. The first-order valence-corrected chi connectivity index (χ1v) is 10.2. The molecule has 0 bridgehead atoms. The van der Waals surface area contributed by atoms with Gasteiger partial charge in [0.15, 0.2) is 5.11 Å². The standard InChI is InChI=1S/C19H22ClFN2OS2/c1-13(2)24-15-6-3-5-14(11-15)23-19(25)22-9-10-26-12-16-17(20)7-4-8-18(16)21/h3-8,11,13H,9-10,12H2,1-2H3,(H2,22,23,25). The lowest BCUT2D eigenvalue weighted by Crippen LogP contribution is -2.30. The first-order valence-electron chi connectivity index (χ1n) is 8.28. The van der Waals surface area contributed by atoms with E-state index >= 15 is 0 Å². The summed E-state index contributed by atoms with van der Waals surface area (Å²) in [6, 6.07) is 12.4. The summed E-state index contributed by atoms with van der Waals surface area (Å²) in [7, 11) is 0. The average Bonchev–Trinajstić information content (AvgIpc) is 2.56. The van der Waals surface area contributed by atoms with Crippen LogP contribution in [0.2, 0.25) is 5.02 Å². The van der Waals surface area contributed by atoms with Crippen LogP contribution in [-0.4, -0.2) is 23.5 Å². The Bertz CT molecular complexity index is 723. The largest absolute Gasteiger partial charge is 0.491 e. The first kappa shape index (κ1) is 20.8. The van der Waals surface area contributed by atoms with Crippen molar-refractivity contribution in [1.29, 1.82) is 0 Å². The second-order valence-electron chi connectivity index (χ2n) is 5.83. The number of benzene rings is 2. The van der Waals surface area contributed by atoms with E-state index in [0.717, 1.165) is 17.2 Å². The van der Waals surface area contributed by atoms with Gasteiger partial charge in [0.25, 0.3) is 0 Å². The summed E-state index contributed by atoms with van der Waals surface area (Å²) in [6.07, 6.45) is 0.121. The van der Waals surface area contributed by atoms with Crippen molar-refractivity contribution in [1.82, 2.24) is 5.32 Å². The van der Waals surface area contributed by atoms with Crippen molar-refractivity contribution in [3.05, 3.63) is 58.9 Å². The summed E-state index contributed by atoms with van der Waals surface area (Å²) >= 11 is 12.9. The van der Waals surface area contributed by atoms with E-state index in [4.69, 9.17) is 28.6 Å². The number of hydrogen-bond donors (Lipinski definition) is 2. The quantitative estimate of drug-likeness (QED) is 0.442. The highest BCUT2D eigenvalue weighted by Gasteiger charge is 2.06. The van der Waals surface area contributed by atoms with Crippen LogP contribution < -0.4 is 15.4 Å². The molecule has 0 aliphatic heterocycles. The molecule has 26 heavy (non-hydrogen) atoms. The zero-order valence-corrected chi connectivity index (χ0v) is 17.1. The topological polar surface area (TPSA) is 33.3 Å². The monoisotopic (exact) mass is 412 g/mol. The fourth-order valence-electron chi connectivity index (χ4n) is 2.18. The van der Waals surface area contributed by atoms with Gasteiger partial charge in [-0.3, -0.25) is 0 Å². The lowest BCUT2D eigenvalue weighted by atomic mass is 10.2. The van der Waals surface area contributed by atoms with Gasteiger partial charge >= 0.3 is 0 Å². The van der Waals surface area contributed by atoms with E-state index in [1.165, 1.54) is 6.07 Å². The van der Waals surface area contributed by atoms with Gasteiger partial charge in [-0.25, -0.2) is 4.39 Å². The minimum absolute atomic E-state index is 0.121. The Balaban J connectivity index is 1.71. The third-order valence-electron chi connectivity index (χ3n) is 3.30. The van der Waals surface area contributed by atoms with Crippen LogP contribution in [0, 0.1) is 5.82 Å². The van der Waals surface area contributed by atoms with Crippen molar-refractivity contribution in [2.75, 3.05) is 17.6 Å². The molecule has 7 heteroatoms. The summed E-state index contributed by atoms with van der Waals surface area (Å²) in [5.41, 5.74) is 1.41. The highest BCUT2D eigenvalue weighted by molar-refractivity contribution is 7.98. The van der Waals surface area contributed by atoms with E-state index in [1.54, 1.807) is 23.9 Å². The molecule has 0 saturated heterocycles. The molecule has 0 radical (unpaired) electrons. The highest BCUT2D eigenvalue weighted by atomic mass is 35.5. The number of hydrogen-bond acceptors (Lipinski definition) is 3. The molecule has 3 nitrogen and oxygen atoms in total. The minimum Gasteiger partial charge on any atom is -0.491 e. The van der Waals surface area contributed by atoms with Gasteiger partial charge in [-0.2, -0.15) is 11.8 Å². The molecule has 0 atom stereocenters. The molecule has 2 aromatic carbocycles. The van der Waals surface area contributed by atoms with Gasteiger partial charge in [-0.05, 0) is 50.3 Å². The maximum Gasteiger partial charge on any atom is 0.170 e. The summed E-state index contributed by atoms with van der Waals surface area (Å²) in [6.45, 7) is 4.64. The number of thioether (sulfide) groups is 1. The Hall–Kier alpha value is -1.50. The fraction of sp³-hybridized carbons (Fsp3) is 0.316. The lowest BCUT2D eigenvalue weighted by Gasteiger charge is -2.13. The molecule has 2 aromatic rings. The summed E-state index contributed by atoms with van der Waals surface area (Å²) in [5.74, 6) is 1.84. The van der Waals surface area contributed by atoms with E-state index in [0.29, 0.717) is 28.0 Å². The van der Waals surface area contributed by atoms with Crippen LogP contribution in [0.4, 0.5) is 10.1 Å². The zero-order chi connectivity index (χ0) is 18.9. The molecule has 0 amide bonds. The molecule has 0 heterocycles. The van der Waals surface area contributed by atoms with E-state index in [2.05, 4.69) is 10.6 Å². The molecule has 140 valence electrons. The van der Waals surface area contributed by atoms with Crippen molar-refractivity contribution in [2.24, 2.45) is 0 Å². The normalized spacial score (nSPS) is 10.7. The van der Waals surface area contributed by atoms with Crippen LogP contribution in [0.15, 0.2) is 42.5 Å². The lowest BCUT2D eigenvalue weighted by molar-refractivity contribution is 0.242.